The number of fused-ring (bicyclic) bond motifs is 1. The van der Waals surface area contributed by atoms with Crippen molar-refractivity contribution in [2.24, 2.45) is 0 Å². The molecule has 0 atom stereocenters. The van der Waals surface area contributed by atoms with Crippen LogP contribution in [-0.4, -0.2) is 27.1 Å². The van der Waals surface area contributed by atoms with E-state index in [0.717, 1.165) is 41.5 Å². The average Bonchev–Trinajstić information content (AvgIpc) is 3.10. The summed E-state index contributed by atoms with van der Waals surface area (Å²) >= 11 is 1.48. The highest BCUT2D eigenvalue weighted by Gasteiger charge is 2.27. The number of nitrogens with zero attached hydrogens (tertiary/aromatic N) is 2. The number of hydrogen-bond acceptors (Lipinski definition) is 4. The van der Waals surface area contributed by atoms with Crippen LogP contribution in [0.15, 0.2) is 48.5 Å². The summed E-state index contributed by atoms with van der Waals surface area (Å²) in [6.45, 7) is 0.397. The maximum absolute atomic E-state index is 13.1. The first-order valence-corrected chi connectivity index (χ1v) is 10.2. The third-order valence-electron chi connectivity index (χ3n) is 5.12. The maximum atomic E-state index is 13.1. The number of anilines is 1. The molecule has 1 fully saturated rings. The maximum Gasteiger partial charge on any atom is 0.324 e. The van der Waals surface area contributed by atoms with Crippen molar-refractivity contribution in [3.8, 4) is 5.75 Å². The highest BCUT2D eigenvalue weighted by Crippen LogP contribution is 2.29. The number of aromatic nitrogens is 1. The van der Waals surface area contributed by atoms with Gasteiger partial charge in [-0.3, -0.25) is 5.32 Å². The van der Waals surface area contributed by atoms with E-state index in [1.165, 1.54) is 17.8 Å². The van der Waals surface area contributed by atoms with Crippen LogP contribution in [0, 0.1) is 0 Å². The number of benzene rings is 2. The number of phenolic OH excluding ortho intramolecular Hbond substituents is 1. The lowest BCUT2D eigenvalue weighted by atomic mass is 9.94. The van der Waals surface area contributed by atoms with Crippen molar-refractivity contribution in [3.05, 3.63) is 54.1 Å². The Morgan fingerprint density at radius 3 is 2.63 bits per heavy atom. The summed E-state index contributed by atoms with van der Waals surface area (Å²) in [6.07, 6.45) is 5.49. The molecule has 2 aromatic carbocycles. The highest BCUT2D eigenvalue weighted by atomic mass is 32.1. The molecule has 2 N–H and O–H groups in total. The van der Waals surface area contributed by atoms with E-state index in [1.54, 1.807) is 12.1 Å². The van der Waals surface area contributed by atoms with Crippen LogP contribution in [0.4, 0.5) is 9.93 Å². The summed E-state index contributed by atoms with van der Waals surface area (Å²) < 4.78 is 1.05. The second-order valence-corrected chi connectivity index (χ2v) is 8.00. The Labute approximate surface area is 162 Å². The van der Waals surface area contributed by atoms with Gasteiger partial charge in [0, 0.05) is 11.6 Å². The summed E-state index contributed by atoms with van der Waals surface area (Å²) in [5.74, 6) is 0.228. The van der Waals surface area contributed by atoms with Crippen molar-refractivity contribution in [3.63, 3.8) is 0 Å². The van der Waals surface area contributed by atoms with Crippen molar-refractivity contribution in [1.29, 1.82) is 0 Å². The van der Waals surface area contributed by atoms with E-state index in [9.17, 15) is 9.90 Å². The zero-order chi connectivity index (χ0) is 18.6. The molecule has 0 bridgehead atoms. The Balaban J connectivity index is 1.56. The van der Waals surface area contributed by atoms with E-state index in [-0.39, 0.29) is 17.8 Å². The van der Waals surface area contributed by atoms with Crippen molar-refractivity contribution in [2.45, 2.75) is 44.7 Å². The lowest BCUT2D eigenvalue weighted by Crippen LogP contribution is -2.43. The molecule has 1 saturated carbocycles. The van der Waals surface area contributed by atoms with Crippen LogP contribution in [-0.2, 0) is 6.54 Å². The van der Waals surface area contributed by atoms with Crippen LogP contribution in [0.25, 0.3) is 10.2 Å². The first-order chi connectivity index (χ1) is 13.2. The van der Waals surface area contributed by atoms with Gasteiger partial charge in [0.2, 0.25) is 0 Å². The van der Waals surface area contributed by atoms with E-state index >= 15 is 0 Å². The predicted molar refractivity (Wildman–Crippen MR) is 109 cm³/mol. The molecule has 1 heterocycles. The van der Waals surface area contributed by atoms with E-state index in [1.807, 2.05) is 41.3 Å². The number of rotatable bonds is 4. The normalized spacial score (nSPS) is 15.0. The van der Waals surface area contributed by atoms with Gasteiger partial charge in [-0.2, -0.15) is 0 Å². The molecular formula is C21H23N3O2S. The topological polar surface area (TPSA) is 65.5 Å². The van der Waals surface area contributed by atoms with E-state index in [2.05, 4.69) is 10.3 Å². The fourth-order valence-electron chi connectivity index (χ4n) is 3.68. The lowest BCUT2D eigenvalue weighted by Gasteiger charge is -2.34. The van der Waals surface area contributed by atoms with Crippen molar-refractivity contribution in [1.82, 2.24) is 9.88 Å². The van der Waals surface area contributed by atoms with Gasteiger partial charge in [0.1, 0.15) is 5.75 Å². The standard InChI is InChI=1S/C21H23N3O2S/c25-18-12-6-4-8-15(18)14-24(16-9-2-1-3-10-16)21(26)23-20-22-17-11-5-7-13-19(17)27-20/h4-8,11-13,16,25H,1-3,9-10,14H2,(H,22,23,26). The smallest absolute Gasteiger partial charge is 0.324 e. The van der Waals surface area contributed by atoms with Gasteiger partial charge in [-0.1, -0.05) is 60.9 Å². The Bertz CT molecular complexity index is 901. The molecule has 0 saturated heterocycles. The fourth-order valence-corrected chi connectivity index (χ4v) is 4.53. The van der Waals surface area contributed by atoms with E-state index < -0.39 is 0 Å². The van der Waals surface area contributed by atoms with Gasteiger partial charge < -0.3 is 10.0 Å². The molecule has 0 radical (unpaired) electrons. The first-order valence-electron chi connectivity index (χ1n) is 9.41. The van der Waals surface area contributed by atoms with Gasteiger partial charge in [-0.05, 0) is 31.0 Å². The number of amides is 2. The number of thiazole rings is 1. The summed E-state index contributed by atoms with van der Waals surface area (Å²) in [5.41, 5.74) is 1.66. The molecule has 3 aromatic rings. The van der Waals surface area contributed by atoms with Gasteiger partial charge in [0.15, 0.2) is 5.13 Å². The molecule has 0 spiro atoms. The third kappa shape index (κ3) is 4.06. The number of para-hydroxylation sites is 2. The molecule has 140 valence electrons. The Kier molecular flexibility index (Phi) is 5.25. The summed E-state index contributed by atoms with van der Waals surface area (Å²) in [5, 5.41) is 13.7. The second-order valence-electron chi connectivity index (χ2n) is 6.97. The van der Waals surface area contributed by atoms with E-state index in [4.69, 9.17) is 0 Å². The fraction of sp³-hybridized carbons (Fsp3) is 0.333. The molecule has 1 aromatic heterocycles. The quantitative estimate of drug-likeness (QED) is 0.638. The number of carbonyl (C=O) groups is 1. The minimum absolute atomic E-state index is 0.149. The van der Waals surface area contributed by atoms with Gasteiger partial charge in [-0.15, -0.1) is 0 Å². The Hall–Kier alpha value is -2.60. The minimum Gasteiger partial charge on any atom is -0.508 e. The highest BCUT2D eigenvalue weighted by molar-refractivity contribution is 7.22. The van der Waals surface area contributed by atoms with E-state index in [0.29, 0.717) is 11.7 Å². The average molecular weight is 382 g/mol. The van der Waals surface area contributed by atoms with Crippen LogP contribution in [0.1, 0.15) is 37.7 Å². The number of hydrogen-bond donors (Lipinski definition) is 2. The molecule has 27 heavy (non-hydrogen) atoms. The van der Waals surface area contributed by atoms with Crippen molar-refractivity contribution < 1.29 is 9.90 Å². The third-order valence-corrected chi connectivity index (χ3v) is 6.07. The molecule has 2 amide bonds. The molecule has 1 aliphatic rings. The first kappa shape index (κ1) is 17.8. The molecule has 4 rings (SSSR count). The molecule has 5 nitrogen and oxygen atoms in total. The number of aromatic hydroxyl groups is 1. The van der Waals surface area contributed by atoms with Crippen molar-refractivity contribution in [2.75, 3.05) is 5.32 Å². The van der Waals surface area contributed by atoms with Gasteiger partial charge in [-0.25, -0.2) is 9.78 Å². The monoisotopic (exact) mass is 381 g/mol. The molecule has 6 heteroatoms. The number of urea groups is 1. The molecular weight excluding hydrogens is 358 g/mol. The Morgan fingerprint density at radius 2 is 1.85 bits per heavy atom. The minimum atomic E-state index is -0.149. The SMILES string of the molecule is O=C(Nc1nc2ccccc2s1)N(Cc1ccccc1O)C1CCCCC1. The Morgan fingerprint density at radius 1 is 1.11 bits per heavy atom. The number of nitrogens with one attached hydrogen (secondary N) is 1. The van der Waals surface area contributed by atoms with Crippen LogP contribution >= 0.6 is 11.3 Å². The summed E-state index contributed by atoms with van der Waals surface area (Å²) in [7, 11) is 0. The second kappa shape index (κ2) is 7.96. The van der Waals surface area contributed by atoms with Gasteiger partial charge in [0.05, 0.1) is 16.8 Å². The largest absolute Gasteiger partial charge is 0.508 e. The summed E-state index contributed by atoms with van der Waals surface area (Å²) in [6, 6.07) is 15.1. The molecule has 0 unspecified atom stereocenters. The number of carbonyl (C=O) groups excluding carboxylic acids is 1. The van der Waals surface area contributed by atoms with Gasteiger partial charge in [0.25, 0.3) is 0 Å². The van der Waals surface area contributed by atoms with Crippen LogP contribution in [0.5, 0.6) is 5.75 Å². The van der Waals surface area contributed by atoms with Crippen LogP contribution in [0.2, 0.25) is 0 Å². The summed E-state index contributed by atoms with van der Waals surface area (Å²) in [4.78, 5) is 19.5. The lowest BCUT2D eigenvalue weighted by molar-refractivity contribution is 0.162. The zero-order valence-corrected chi connectivity index (χ0v) is 15.9. The number of phenols is 1. The van der Waals surface area contributed by atoms with Gasteiger partial charge >= 0.3 is 6.03 Å². The van der Waals surface area contributed by atoms with Crippen LogP contribution in [0.3, 0.4) is 0 Å². The van der Waals surface area contributed by atoms with Crippen LogP contribution < -0.4 is 5.32 Å². The van der Waals surface area contributed by atoms with Crippen molar-refractivity contribution >= 4 is 32.7 Å². The zero-order valence-electron chi connectivity index (χ0n) is 15.1. The predicted octanol–water partition coefficient (Wildman–Crippen LogP) is 5.37. The molecule has 1 aliphatic carbocycles. The molecule has 0 aliphatic heterocycles.